The quantitative estimate of drug-likeness (QED) is 0.904. The molecule has 1 amide bonds. The molecule has 6 nitrogen and oxygen atoms in total. The predicted molar refractivity (Wildman–Crippen MR) is 106 cm³/mol. The first-order chi connectivity index (χ1) is 13.1. The molecule has 136 valence electrons. The zero-order valence-electron chi connectivity index (χ0n) is 15.2. The van der Waals surface area contributed by atoms with Gasteiger partial charge in [0.15, 0.2) is 11.5 Å². The summed E-state index contributed by atoms with van der Waals surface area (Å²) < 4.78 is 11.0. The molecule has 2 heterocycles. The molecule has 27 heavy (non-hydrogen) atoms. The Kier molecular flexibility index (Phi) is 4.46. The maximum Gasteiger partial charge on any atom is 0.231 e. The summed E-state index contributed by atoms with van der Waals surface area (Å²) >= 11 is 0. The summed E-state index contributed by atoms with van der Waals surface area (Å²) in [5, 5.41) is 11.5. The number of anilines is 1. The number of nitrogens with zero attached hydrogens (tertiary/aromatic N) is 2. The summed E-state index contributed by atoms with van der Waals surface area (Å²) in [7, 11) is 0. The number of rotatable bonds is 3. The molecule has 0 spiro atoms. The molecule has 0 aliphatic carbocycles. The molecule has 2 aliphatic heterocycles. The smallest absolute Gasteiger partial charge is 0.231 e. The number of hydrogen-bond acceptors (Lipinski definition) is 5. The van der Waals surface area contributed by atoms with E-state index in [0.29, 0.717) is 0 Å². The van der Waals surface area contributed by atoms with Crippen molar-refractivity contribution in [1.82, 2.24) is 0 Å². The van der Waals surface area contributed by atoms with Crippen molar-refractivity contribution in [3.05, 3.63) is 59.2 Å². The average Bonchev–Trinajstić information content (AvgIpc) is 3.03. The van der Waals surface area contributed by atoms with Crippen LogP contribution < -0.4 is 14.8 Å². The third-order valence-corrected chi connectivity index (χ3v) is 4.31. The van der Waals surface area contributed by atoms with Gasteiger partial charge in [-0.3, -0.25) is 4.79 Å². The molecule has 0 aromatic heterocycles. The highest BCUT2D eigenvalue weighted by Crippen LogP contribution is 2.36. The Morgan fingerprint density at radius 1 is 1.07 bits per heavy atom. The van der Waals surface area contributed by atoms with Crippen molar-refractivity contribution in [2.75, 3.05) is 12.1 Å². The van der Waals surface area contributed by atoms with E-state index in [0.717, 1.165) is 51.7 Å². The van der Waals surface area contributed by atoms with Gasteiger partial charge in [-0.25, -0.2) is 0 Å². The number of carbonyl (C=O) groups is 1. The number of ether oxygens (including phenoxy) is 2. The van der Waals surface area contributed by atoms with Gasteiger partial charge in [-0.15, -0.1) is 0 Å². The van der Waals surface area contributed by atoms with Crippen molar-refractivity contribution >= 4 is 29.1 Å². The van der Waals surface area contributed by atoms with Crippen molar-refractivity contribution in [2.24, 2.45) is 10.2 Å². The summed E-state index contributed by atoms with van der Waals surface area (Å²) in [5.74, 6) is 1.41. The van der Waals surface area contributed by atoms with Gasteiger partial charge in [0.1, 0.15) is 0 Å². The maximum atomic E-state index is 11.1. The summed E-state index contributed by atoms with van der Waals surface area (Å²) in [6.07, 6.45) is 4.63. The first-order valence-electron chi connectivity index (χ1n) is 8.68. The standard InChI is InChI=1S/C21H19N3O3/c1-13-9-16-10-20-21(27-12-26-20)11-18(16)19(24-23-13)8-5-15-3-6-17(7-4-15)22-14(2)25/h3-8,10-11H,9,12H2,1-2H3,(H,22,25)/b8-5+. The van der Waals surface area contributed by atoms with Crippen LogP contribution in [-0.4, -0.2) is 24.1 Å². The summed E-state index contributed by atoms with van der Waals surface area (Å²) in [4.78, 5) is 11.1. The molecule has 0 saturated heterocycles. The SMILES string of the molecule is CC(=O)Nc1ccc(/C=C/C2=NN=C(C)Cc3cc4c(cc32)OCO4)cc1. The zero-order valence-corrected chi connectivity index (χ0v) is 15.2. The second-order valence-electron chi connectivity index (χ2n) is 6.50. The van der Waals surface area contributed by atoms with E-state index in [1.165, 1.54) is 6.92 Å². The van der Waals surface area contributed by atoms with Crippen LogP contribution in [0.3, 0.4) is 0 Å². The topological polar surface area (TPSA) is 72.3 Å². The Morgan fingerprint density at radius 2 is 1.81 bits per heavy atom. The lowest BCUT2D eigenvalue weighted by Gasteiger charge is -2.08. The highest BCUT2D eigenvalue weighted by molar-refractivity contribution is 6.13. The number of allylic oxidation sites excluding steroid dienone is 1. The third-order valence-electron chi connectivity index (χ3n) is 4.31. The second kappa shape index (κ2) is 7.07. The number of hydrogen-bond donors (Lipinski definition) is 1. The third kappa shape index (κ3) is 3.74. The van der Waals surface area contributed by atoms with Crippen molar-refractivity contribution < 1.29 is 14.3 Å². The lowest BCUT2D eigenvalue weighted by Crippen LogP contribution is -2.05. The number of benzene rings is 2. The van der Waals surface area contributed by atoms with Gasteiger partial charge in [0.2, 0.25) is 12.7 Å². The van der Waals surface area contributed by atoms with Gasteiger partial charge in [-0.2, -0.15) is 10.2 Å². The highest BCUT2D eigenvalue weighted by Gasteiger charge is 2.20. The van der Waals surface area contributed by atoms with Gasteiger partial charge < -0.3 is 14.8 Å². The minimum Gasteiger partial charge on any atom is -0.454 e. The number of nitrogens with one attached hydrogen (secondary N) is 1. The van der Waals surface area contributed by atoms with Gasteiger partial charge in [0.05, 0.1) is 5.71 Å². The second-order valence-corrected chi connectivity index (χ2v) is 6.50. The van der Waals surface area contributed by atoms with Crippen molar-refractivity contribution in [3.8, 4) is 11.5 Å². The molecule has 0 fully saturated rings. The Balaban J connectivity index is 1.63. The summed E-state index contributed by atoms with van der Waals surface area (Å²) in [6.45, 7) is 3.70. The molecule has 4 rings (SSSR count). The monoisotopic (exact) mass is 361 g/mol. The average molecular weight is 361 g/mol. The molecule has 0 radical (unpaired) electrons. The molecule has 2 aromatic rings. The van der Waals surface area contributed by atoms with Crippen LogP contribution >= 0.6 is 0 Å². The van der Waals surface area contributed by atoms with E-state index in [9.17, 15) is 4.79 Å². The van der Waals surface area contributed by atoms with Crippen LogP contribution in [0.5, 0.6) is 11.5 Å². The number of carbonyl (C=O) groups excluding carboxylic acids is 1. The fourth-order valence-corrected chi connectivity index (χ4v) is 3.05. The van der Waals surface area contributed by atoms with E-state index < -0.39 is 0 Å². The molecular formula is C21H19N3O3. The van der Waals surface area contributed by atoms with Crippen LogP contribution in [0.25, 0.3) is 6.08 Å². The number of fused-ring (bicyclic) bond motifs is 2. The Labute approximate surface area is 157 Å². The Bertz CT molecular complexity index is 988. The maximum absolute atomic E-state index is 11.1. The van der Waals surface area contributed by atoms with E-state index in [1.807, 2.05) is 55.5 Å². The van der Waals surface area contributed by atoms with E-state index in [1.54, 1.807) is 0 Å². The van der Waals surface area contributed by atoms with E-state index in [4.69, 9.17) is 9.47 Å². The van der Waals surface area contributed by atoms with E-state index in [-0.39, 0.29) is 12.7 Å². The van der Waals surface area contributed by atoms with E-state index in [2.05, 4.69) is 15.5 Å². The minimum absolute atomic E-state index is 0.0883. The molecule has 2 aliphatic rings. The van der Waals surface area contributed by atoms with Crippen LogP contribution in [0.4, 0.5) is 5.69 Å². The van der Waals surface area contributed by atoms with Crippen molar-refractivity contribution in [3.63, 3.8) is 0 Å². The van der Waals surface area contributed by atoms with Crippen LogP contribution in [0.2, 0.25) is 0 Å². The predicted octanol–water partition coefficient (Wildman–Crippen LogP) is 3.81. The van der Waals surface area contributed by atoms with E-state index >= 15 is 0 Å². The highest BCUT2D eigenvalue weighted by atomic mass is 16.7. The first kappa shape index (κ1) is 17.0. The molecule has 6 heteroatoms. The normalized spacial score (nSPS) is 15.0. The van der Waals surface area contributed by atoms with Crippen LogP contribution in [0, 0.1) is 0 Å². The molecular weight excluding hydrogens is 342 g/mol. The first-order valence-corrected chi connectivity index (χ1v) is 8.68. The Hall–Kier alpha value is -3.41. The molecule has 0 atom stereocenters. The minimum atomic E-state index is -0.0883. The van der Waals surface area contributed by atoms with Crippen molar-refractivity contribution in [2.45, 2.75) is 20.3 Å². The van der Waals surface area contributed by atoms with Gasteiger partial charge in [0, 0.05) is 30.3 Å². The molecule has 1 N–H and O–H groups in total. The lowest BCUT2D eigenvalue weighted by molar-refractivity contribution is -0.114. The van der Waals surface area contributed by atoms with Gasteiger partial charge in [-0.1, -0.05) is 18.2 Å². The van der Waals surface area contributed by atoms with Crippen LogP contribution in [-0.2, 0) is 11.2 Å². The summed E-state index contributed by atoms with van der Waals surface area (Å²) in [6, 6.07) is 11.6. The number of amides is 1. The largest absolute Gasteiger partial charge is 0.454 e. The lowest BCUT2D eigenvalue weighted by atomic mass is 9.97. The fraction of sp³-hybridized carbons (Fsp3) is 0.190. The van der Waals surface area contributed by atoms with Gasteiger partial charge in [0.25, 0.3) is 0 Å². The fourth-order valence-electron chi connectivity index (χ4n) is 3.05. The van der Waals surface area contributed by atoms with Crippen LogP contribution in [0.15, 0.2) is 52.7 Å². The molecule has 0 bridgehead atoms. The molecule has 2 aromatic carbocycles. The molecule has 0 saturated carbocycles. The molecule has 0 unspecified atom stereocenters. The Morgan fingerprint density at radius 3 is 2.56 bits per heavy atom. The zero-order chi connectivity index (χ0) is 18.8. The van der Waals surface area contributed by atoms with Crippen LogP contribution in [0.1, 0.15) is 30.5 Å². The summed E-state index contributed by atoms with van der Waals surface area (Å²) in [5.41, 5.74) is 5.58. The van der Waals surface area contributed by atoms with Gasteiger partial charge in [-0.05, 0) is 48.4 Å². The van der Waals surface area contributed by atoms with Gasteiger partial charge >= 0.3 is 0 Å². The van der Waals surface area contributed by atoms with Crippen molar-refractivity contribution in [1.29, 1.82) is 0 Å².